The fourth-order valence-electron chi connectivity index (χ4n) is 5.38. The number of likely N-dealkylation sites (tertiary alicyclic amines) is 1. The van der Waals surface area contributed by atoms with Crippen LogP contribution in [-0.2, 0) is 9.59 Å². The summed E-state index contributed by atoms with van der Waals surface area (Å²) in [6.45, 7) is 3.72. The van der Waals surface area contributed by atoms with Crippen LogP contribution in [-0.4, -0.2) is 26.9 Å². The van der Waals surface area contributed by atoms with E-state index in [9.17, 15) is 14.7 Å². The molecule has 0 radical (unpaired) electrons. The molecule has 8 heteroatoms. The molecule has 4 unspecified atom stereocenters. The number of rotatable bonds is 7. The zero-order valence-electron chi connectivity index (χ0n) is 20.0. The van der Waals surface area contributed by atoms with E-state index in [1.807, 2.05) is 54.3 Å². The van der Waals surface area contributed by atoms with E-state index in [2.05, 4.69) is 4.98 Å². The van der Waals surface area contributed by atoms with E-state index in [0.29, 0.717) is 33.7 Å². The monoisotopic (exact) mass is 544 g/mol. The molecule has 1 fully saturated rings. The molecule has 188 valence electrons. The lowest BCUT2D eigenvalue weighted by molar-refractivity contribution is -0.161. The first-order chi connectivity index (χ1) is 17.1. The number of halogens is 3. The minimum Gasteiger partial charge on any atom is -0.481 e. The van der Waals surface area contributed by atoms with Gasteiger partial charge >= 0.3 is 5.97 Å². The molecule has 1 amide bonds. The second-order valence-electron chi connectivity index (χ2n) is 9.51. The first kappa shape index (κ1) is 26.5. The molecule has 1 aliphatic heterocycles. The minimum absolute atomic E-state index is 0.222. The maximum atomic E-state index is 14.3. The predicted molar refractivity (Wildman–Crippen MR) is 142 cm³/mol. The van der Waals surface area contributed by atoms with Crippen LogP contribution >= 0.6 is 34.8 Å². The van der Waals surface area contributed by atoms with Crippen LogP contribution in [0.25, 0.3) is 0 Å². The number of carbonyl (C=O) groups is 2. The summed E-state index contributed by atoms with van der Waals surface area (Å²) in [5.41, 5.74) is 1.36. The van der Waals surface area contributed by atoms with E-state index < -0.39 is 23.5 Å². The molecular weight excluding hydrogens is 519 g/mol. The average Bonchev–Trinajstić information content (AvgIpc) is 2.82. The zero-order valence-corrected chi connectivity index (χ0v) is 22.3. The summed E-state index contributed by atoms with van der Waals surface area (Å²) in [6, 6.07) is 19.5. The SMILES string of the molecule is CCC(c1cccc(Cl)n1)N1C(=O)C(C)(CC(=O)O)CC(c2cccc(Cl)c2)C1c1ccc(Cl)cc1. The van der Waals surface area contributed by atoms with Crippen molar-refractivity contribution in [3.05, 3.63) is 98.7 Å². The lowest BCUT2D eigenvalue weighted by Crippen LogP contribution is -2.53. The standard InChI is InChI=1S/C28H27Cl3N2O3/c1-3-23(22-8-5-9-24(31)32-22)33-26(17-10-12-19(29)13-11-17)21(18-6-4-7-20(30)14-18)15-28(2,27(33)36)16-25(34)35/h4-14,21,23,26H,3,15-16H2,1-2H3,(H,34,35). The highest BCUT2D eigenvalue weighted by Crippen LogP contribution is 2.54. The third-order valence-corrected chi connectivity index (χ3v) is 7.63. The van der Waals surface area contributed by atoms with E-state index >= 15 is 0 Å². The van der Waals surface area contributed by atoms with E-state index in [4.69, 9.17) is 34.8 Å². The molecule has 36 heavy (non-hydrogen) atoms. The molecule has 1 saturated heterocycles. The molecule has 2 aromatic carbocycles. The molecule has 0 bridgehead atoms. The number of amides is 1. The smallest absolute Gasteiger partial charge is 0.304 e. The molecule has 4 atom stereocenters. The van der Waals surface area contributed by atoms with Crippen LogP contribution in [0.3, 0.4) is 0 Å². The van der Waals surface area contributed by atoms with Gasteiger partial charge in [-0.2, -0.15) is 0 Å². The molecule has 4 rings (SSSR count). The highest BCUT2D eigenvalue weighted by Gasteiger charge is 2.52. The lowest BCUT2D eigenvalue weighted by Gasteiger charge is -2.51. The van der Waals surface area contributed by atoms with Crippen molar-refractivity contribution < 1.29 is 14.7 Å². The van der Waals surface area contributed by atoms with Gasteiger partial charge < -0.3 is 10.0 Å². The fourth-order valence-corrected chi connectivity index (χ4v) is 5.88. The van der Waals surface area contributed by atoms with Crippen LogP contribution in [0.5, 0.6) is 0 Å². The van der Waals surface area contributed by atoms with E-state index in [-0.39, 0.29) is 18.2 Å². The van der Waals surface area contributed by atoms with Gasteiger partial charge in [-0.05, 0) is 60.4 Å². The Morgan fingerprint density at radius 2 is 1.75 bits per heavy atom. The number of pyridine rings is 1. The second-order valence-corrected chi connectivity index (χ2v) is 10.8. The highest BCUT2D eigenvalue weighted by molar-refractivity contribution is 6.31. The molecule has 5 nitrogen and oxygen atoms in total. The molecule has 1 aliphatic rings. The van der Waals surface area contributed by atoms with Crippen molar-refractivity contribution in [2.75, 3.05) is 0 Å². The van der Waals surface area contributed by atoms with Crippen molar-refractivity contribution in [3.8, 4) is 0 Å². The molecular formula is C28H27Cl3N2O3. The number of piperidine rings is 1. The maximum absolute atomic E-state index is 14.3. The summed E-state index contributed by atoms with van der Waals surface area (Å²) in [6.07, 6.45) is 0.627. The summed E-state index contributed by atoms with van der Waals surface area (Å²) in [7, 11) is 0. The topological polar surface area (TPSA) is 70.5 Å². The summed E-state index contributed by atoms with van der Waals surface area (Å²) in [4.78, 5) is 32.6. The Morgan fingerprint density at radius 3 is 2.36 bits per heavy atom. The van der Waals surface area contributed by atoms with Gasteiger partial charge in [-0.15, -0.1) is 0 Å². The van der Waals surface area contributed by atoms with E-state index in [1.54, 1.807) is 31.2 Å². The number of aliphatic carboxylic acids is 1. The van der Waals surface area contributed by atoms with Gasteiger partial charge in [0.1, 0.15) is 5.15 Å². The summed E-state index contributed by atoms with van der Waals surface area (Å²) in [5, 5.41) is 11.3. The van der Waals surface area contributed by atoms with E-state index in [1.165, 1.54) is 0 Å². The molecule has 1 aromatic heterocycles. The molecule has 3 aromatic rings. The van der Waals surface area contributed by atoms with Gasteiger partial charge in [0.05, 0.1) is 29.6 Å². The van der Waals surface area contributed by atoms with Crippen LogP contribution < -0.4 is 0 Å². The van der Waals surface area contributed by atoms with Gasteiger partial charge in [0, 0.05) is 16.0 Å². The number of carbonyl (C=O) groups excluding carboxylic acids is 1. The maximum Gasteiger partial charge on any atom is 0.304 e. The Bertz CT molecular complexity index is 1270. The Morgan fingerprint density at radius 1 is 1.06 bits per heavy atom. The predicted octanol–water partition coefficient (Wildman–Crippen LogP) is 7.73. The Labute approximate surface area is 226 Å². The van der Waals surface area contributed by atoms with Crippen molar-refractivity contribution in [1.82, 2.24) is 9.88 Å². The quantitative estimate of drug-likeness (QED) is 0.308. The van der Waals surface area contributed by atoms with Crippen LogP contribution in [0.4, 0.5) is 0 Å². The number of benzene rings is 2. The minimum atomic E-state index is -1.13. The zero-order chi connectivity index (χ0) is 26.0. The second kappa shape index (κ2) is 10.8. The van der Waals surface area contributed by atoms with E-state index in [0.717, 1.165) is 11.1 Å². The largest absolute Gasteiger partial charge is 0.481 e. The van der Waals surface area contributed by atoms with Crippen molar-refractivity contribution in [2.24, 2.45) is 5.41 Å². The molecule has 1 N–H and O–H groups in total. The third-order valence-electron chi connectivity index (χ3n) is 6.93. The van der Waals surface area contributed by atoms with Gasteiger partial charge in [0.25, 0.3) is 0 Å². The van der Waals surface area contributed by atoms with Crippen LogP contribution in [0.2, 0.25) is 15.2 Å². The van der Waals surface area contributed by atoms with Gasteiger partial charge in [0.15, 0.2) is 0 Å². The number of hydrogen-bond acceptors (Lipinski definition) is 3. The number of carboxylic acids is 1. The first-order valence-corrected chi connectivity index (χ1v) is 12.9. The van der Waals surface area contributed by atoms with Gasteiger partial charge in [0.2, 0.25) is 5.91 Å². The average molecular weight is 546 g/mol. The molecule has 0 spiro atoms. The van der Waals surface area contributed by atoms with Crippen molar-refractivity contribution in [2.45, 2.75) is 51.1 Å². The summed E-state index contributed by atoms with van der Waals surface area (Å²) in [5.74, 6) is -1.47. The van der Waals surface area contributed by atoms with Gasteiger partial charge in [-0.1, -0.05) is 79.0 Å². The normalized spacial score (nSPS) is 22.9. The fraction of sp³-hybridized carbons (Fsp3) is 0.321. The summed E-state index contributed by atoms with van der Waals surface area (Å²) >= 11 is 18.8. The summed E-state index contributed by atoms with van der Waals surface area (Å²) < 4.78 is 0. The Kier molecular flexibility index (Phi) is 7.93. The lowest BCUT2D eigenvalue weighted by atomic mass is 9.67. The highest BCUT2D eigenvalue weighted by atomic mass is 35.5. The Balaban J connectivity index is 1.96. The van der Waals surface area contributed by atoms with Crippen molar-refractivity contribution >= 4 is 46.7 Å². The molecule has 0 aliphatic carbocycles. The van der Waals surface area contributed by atoms with Crippen LogP contribution in [0.1, 0.15) is 67.9 Å². The number of aromatic nitrogens is 1. The molecule has 0 saturated carbocycles. The van der Waals surface area contributed by atoms with Gasteiger partial charge in [-0.25, -0.2) is 4.98 Å². The number of nitrogens with zero attached hydrogens (tertiary/aromatic N) is 2. The number of hydrogen-bond donors (Lipinski definition) is 1. The number of carboxylic acid groups (broad SMARTS) is 1. The van der Waals surface area contributed by atoms with Crippen molar-refractivity contribution in [1.29, 1.82) is 0 Å². The van der Waals surface area contributed by atoms with Crippen molar-refractivity contribution in [3.63, 3.8) is 0 Å². The first-order valence-electron chi connectivity index (χ1n) is 11.8. The molecule has 2 heterocycles. The van der Waals surface area contributed by atoms with Crippen LogP contribution in [0.15, 0.2) is 66.7 Å². The van der Waals surface area contributed by atoms with Crippen LogP contribution in [0, 0.1) is 5.41 Å². The van der Waals surface area contributed by atoms with Gasteiger partial charge in [-0.3, -0.25) is 9.59 Å². The Hall–Kier alpha value is -2.60. The third kappa shape index (κ3) is 5.39.